The first-order chi connectivity index (χ1) is 17.8. The average Bonchev–Trinajstić information content (AvgIpc) is 2.88. The van der Waals surface area contributed by atoms with Crippen LogP contribution in [0.25, 0.3) is 11.1 Å². The third-order valence-corrected chi connectivity index (χ3v) is 7.22. The summed E-state index contributed by atoms with van der Waals surface area (Å²) in [5, 5.41) is 15.5. The summed E-state index contributed by atoms with van der Waals surface area (Å²) in [7, 11) is 0. The van der Waals surface area contributed by atoms with Crippen LogP contribution in [0, 0.1) is 25.3 Å². The van der Waals surface area contributed by atoms with Crippen LogP contribution in [-0.4, -0.2) is 35.5 Å². The number of pyridine rings is 1. The van der Waals surface area contributed by atoms with Gasteiger partial charge in [-0.2, -0.15) is 5.26 Å². The summed E-state index contributed by atoms with van der Waals surface area (Å²) >= 11 is 6.47. The molecule has 1 aromatic heterocycles. The summed E-state index contributed by atoms with van der Waals surface area (Å²) in [6, 6.07) is 17.0. The molecule has 0 amide bonds. The van der Waals surface area contributed by atoms with Gasteiger partial charge in [0.15, 0.2) is 6.19 Å². The molecule has 0 saturated carbocycles. The fraction of sp³-hybridized carbons (Fsp3) is 0.367. The lowest BCUT2D eigenvalue weighted by Crippen LogP contribution is -2.42. The van der Waals surface area contributed by atoms with E-state index in [2.05, 4.69) is 89.6 Å². The number of hydrogen-bond donors (Lipinski definition) is 2. The summed E-state index contributed by atoms with van der Waals surface area (Å²) < 4.78 is 0. The van der Waals surface area contributed by atoms with Gasteiger partial charge in [-0.15, -0.1) is 0 Å². The third-order valence-electron chi connectivity index (χ3n) is 6.81. The standard InChI is InChI=1S/C30H37ClN6/c1-6-34-29(36-21-32)35-15-9-17-37(20-25-11-8-13-28(31)23(25)3)30(4,5)26-12-7-10-24(18-26)27-14-16-33-19-22(27)2/h7-8,10-14,16,18-19H,6,9,15,17,20H2,1-5H3,(H2,34,35,36). The van der Waals surface area contributed by atoms with Gasteiger partial charge in [0.25, 0.3) is 0 Å². The summed E-state index contributed by atoms with van der Waals surface area (Å²) in [6.07, 6.45) is 6.54. The highest BCUT2D eigenvalue weighted by molar-refractivity contribution is 6.31. The number of guanidine groups is 1. The Morgan fingerprint density at radius 2 is 1.95 bits per heavy atom. The first-order valence-electron chi connectivity index (χ1n) is 12.7. The Morgan fingerprint density at radius 3 is 2.68 bits per heavy atom. The fourth-order valence-corrected chi connectivity index (χ4v) is 4.64. The van der Waals surface area contributed by atoms with Gasteiger partial charge in [0.05, 0.1) is 0 Å². The maximum Gasteiger partial charge on any atom is 0.204 e. The van der Waals surface area contributed by atoms with E-state index >= 15 is 0 Å². The number of hydrogen-bond acceptors (Lipinski definition) is 4. The number of aryl methyl sites for hydroxylation is 1. The van der Waals surface area contributed by atoms with E-state index in [1.807, 2.05) is 37.6 Å². The summed E-state index contributed by atoms with van der Waals surface area (Å²) in [4.78, 5) is 11.3. The Morgan fingerprint density at radius 1 is 1.16 bits per heavy atom. The van der Waals surface area contributed by atoms with Crippen LogP contribution in [0.4, 0.5) is 0 Å². The van der Waals surface area contributed by atoms with Crippen molar-refractivity contribution in [3.8, 4) is 17.3 Å². The molecule has 3 aromatic rings. The summed E-state index contributed by atoms with van der Waals surface area (Å²) in [5.74, 6) is 0.516. The minimum Gasteiger partial charge on any atom is -0.356 e. The van der Waals surface area contributed by atoms with Crippen LogP contribution < -0.4 is 10.6 Å². The van der Waals surface area contributed by atoms with Crippen LogP contribution in [0.5, 0.6) is 0 Å². The van der Waals surface area contributed by atoms with E-state index < -0.39 is 0 Å². The summed E-state index contributed by atoms with van der Waals surface area (Å²) in [6.45, 7) is 13.6. The van der Waals surface area contributed by atoms with E-state index in [0.29, 0.717) is 19.0 Å². The minimum atomic E-state index is -0.259. The lowest BCUT2D eigenvalue weighted by atomic mass is 9.88. The van der Waals surface area contributed by atoms with Gasteiger partial charge < -0.3 is 5.32 Å². The lowest BCUT2D eigenvalue weighted by Gasteiger charge is -2.40. The molecule has 7 heteroatoms. The molecule has 0 radical (unpaired) electrons. The van der Waals surface area contributed by atoms with Crippen molar-refractivity contribution >= 4 is 17.6 Å². The van der Waals surface area contributed by atoms with E-state index in [1.54, 1.807) is 0 Å². The van der Waals surface area contributed by atoms with Gasteiger partial charge in [0.2, 0.25) is 5.96 Å². The largest absolute Gasteiger partial charge is 0.356 e. The molecule has 0 aliphatic heterocycles. The molecule has 0 saturated heterocycles. The van der Waals surface area contributed by atoms with Gasteiger partial charge in [-0.05, 0) is 92.6 Å². The molecule has 194 valence electrons. The number of nitrogens with one attached hydrogen (secondary N) is 2. The predicted octanol–water partition coefficient (Wildman–Crippen LogP) is 6.18. The molecule has 2 N–H and O–H groups in total. The van der Waals surface area contributed by atoms with E-state index in [9.17, 15) is 0 Å². The van der Waals surface area contributed by atoms with Gasteiger partial charge in [0.1, 0.15) is 0 Å². The molecule has 3 rings (SSSR count). The average molecular weight is 517 g/mol. The lowest BCUT2D eigenvalue weighted by molar-refractivity contribution is 0.109. The SMILES string of the molecule is CCNC(=NCCCN(Cc1cccc(Cl)c1C)C(C)(C)c1cccc(-c2ccncc2C)c1)NC#N. The molecule has 2 aromatic carbocycles. The Labute approximate surface area is 226 Å². The van der Waals surface area contributed by atoms with Crippen molar-refractivity contribution in [2.75, 3.05) is 19.6 Å². The summed E-state index contributed by atoms with van der Waals surface area (Å²) in [5.41, 5.74) is 6.84. The van der Waals surface area contributed by atoms with Crippen LogP contribution in [0.2, 0.25) is 5.02 Å². The Bertz CT molecular complexity index is 1260. The quantitative estimate of drug-likeness (QED) is 0.111. The van der Waals surface area contributed by atoms with Crippen molar-refractivity contribution in [3.63, 3.8) is 0 Å². The highest BCUT2D eigenvalue weighted by Crippen LogP contribution is 2.34. The molecule has 1 heterocycles. The molecule has 37 heavy (non-hydrogen) atoms. The fourth-order valence-electron chi connectivity index (χ4n) is 4.44. The number of aromatic nitrogens is 1. The molecule has 0 atom stereocenters. The Kier molecular flexibility index (Phi) is 10.1. The maximum absolute atomic E-state index is 8.97. The van der Waals surface area contributed by atoms with Crippen LogP contribution >= 0.6 is 11.6 Å². The molecule has 0 aliphatic rings. The van der Waals surface area contributed by atoms with Gasteiger partial charge in [0, 0.05) is 49.1 Å². The second kappa shape index (κ2) is 13.2. The highest BCUT2D eigenvalue weighted by atomic mass is 35.5. The monoisotopic (exact) mass is 516 g/mol. The number of nitriles is 1. The van der Waals surface area contributed by atoms with E-state index in [-0.39, 0.29) is 5.54 Å². The van der Waals surface area contributed by atoms with Crippen LogP contribution in [-0.2, 0) is 12.1 Å². The number of aliphatic imine (C=N–C) groups is 1. The zero-order valence-electron chi connectivity index (χ0n) is 22.5. The van der Waals surface area contributed by atoms with Gasteiger partial charge in [-0.25, -0.2) is 0 Å². The smallest absolute Gasteiger partial charge is 0.204 e. The maximum atomic E-state index is 8.97. The molecule has 0 bridgehead atoms. The van der Waals surface area contributed by atoms with Gasteiger partial charge in [-0.1, -0.05) is 41.9 Å². The van der Waals surface area contributed by atoms with Crippen LogP contribution in [0.1, 0.15) is 49.4 Å². The van der Waals surface area contributed by atoms with Crippen LogP contribution in [0.3, 0.4) is 0 Å². The predicted molar refractivity (Wildman–Crippen MR) is 153 cm³/mol. The van der Waals surface area contributed by atoms with Crippen molar-refractivity contribution in [2.24, 2.45) is 4.99 Å². The molecular weight excluding hydrogens is 480 g/mol. The highest BCUT2D eigenvalue weighted by Gasteiger charge is 2.29. The normalized spacial score (nSPS) is 11.9. The van der Waals surface area contributed by atoms with Crippen molar-refractivity contribution in [2.45, 2.75) is 53.1 Å². The number of rotatable bonds is 10. The third kappa shape index (κ3) is 7.31. The van der Waals surface area contributed by atoms with Crippen molar-refractivity contribution in [1.82, 2.24) is 20.5 Å². The number of halogens is 1. The zero-order valence-corrected chi connectivity index (χ0v) is 23.2. The number of nitrogens with zero attached hydrogens (tertiary/aromatic N) is 4. The van der Waals surface area contributed by atoms with Crippen molar-refractivity contribution in [3.05, 3.63) is 88.2 Å². The topological polar surface area (TPSA) is 76.3 Å². The molecule has 0 aliphatic carbocycles. The van der Waals surface area contributed by atoms with E-state index in [1.165, 1.54) is 22.3 Å². The molecular formula is C30H37ClN6. The first kappa shape index (κ1) is 28.2. The Hall–Kier alpha value is -3.40. The molecule has 6 nitrogen and oxygen atoms in total. The van der Waals surface area contributed by atoms with E-state index in [0.717, 1.165) is 35.7 Å². The molecule has 0 fully saturated rings. The van der Waals surface area contributed by atoms with Crippen molar-refractivity contribution < 1.29 is 0 Å². The van der Waals surface area contributed by atoms with Gasteiger partial charge in [-0.3, -0.25) is 20.2 Å². The zero-order chi connectivity index (χ0) is 26.8. The second-order valence-corrected chi connectivity index (χ2v) is 10.0. The van der Waals surface area contributed by atoms with Crippen LogP contribution in [0.15, 0.2) is 65.9 Å². The van der Waals surface area contributed by atoms with E-state index in [4.69, 9.17) is 16.9 Å². The Balaban J connectivity index is 1.91. The van der Waals surface area contributed by atoms with Crippen molar-refractivity contribution in [1.29, 1.82) is 5.26 Å². The molecule has 0 spiro atoms. The first-order valence-corrected chi connectivity index (χ1v) is 13.1. The van der Waals surface area contributed by atoms with Gasteiger partial charge >= 0.3 is 0 Å². The second-order valence-electron chi connectivity index (χ2n) is 9.63. The minimum absolute atomic E-state index is 0.259. The molecule has 0 unspecified atom stereocenters. The number of benzene rings is 2.